The molecule has 0 radical (unpaired) electrons. The maximum absolute atomic E-state index is 12.0. The average Bonchev–Trinajstić information content (AvgIpc) is 3.34. The molecule has 1 amide bonds. The lowest BCUT2D eigenvalue weighted by atomic mass is 9.96. The summed E-state index contributed by atoms with van der Waals surface area (Å²) in [6.45, 7) is 3.85. The first-order chi connectivity index (χ1) is 12.6. The molecule has 3 rings (SSSR count). The molecular formula is C19H25N5OS. The molecule has 7 heteroatoms. The van der Waals surface area contributed by atoms with E-state index in [1.54, 1.807) is 12.6 Å². The first kappa shape index (κ1) is 18.4. The van der Waals surface area contributed by atoms with Gasteiger partial charge >= 0.3 is 0 Å². The third-order valence-corrected chi connectivity index (χ3v) is 5.64. The van der Waals surface area contributed by atoms with Crippen molar-refractivity contribution in [2.45, 2.75) is 25.2 Å². The van der Waals surface area contributed by atoms with Gasteiger partial charge in [0.1, 0.15) is 4.88 Å². The molecule has 0 atom stereocenters. The van der Waals surface area contributed by atoms with Crippen LogP contribution in [0.15, 0.2) is 40.8 Å². The molecule has 1 aliphatic rings. The summed E-state index contributed by atoms with van der Waals surface area (Å²) in [5, 5.41) is 9.56. The number of thiazole rings is 1. The summed E-state index contributed by atoms with van der Waals surface area (Å²) in [5.41, 5.74) is 4.08. The van der Waals surface area contributed by atoms with Crippen molar-refractivity contribution < 1.29 is 4.79 Å². The number of amides is 1. The third kappa shape index (κ3) is 4.40. The highest BCUT2D eigenvalue weighted by Crippen LogP contribution is 2.47. The Balaban J connectivity index is 1.40. The molecule has 1 aromatic heterocycles. The van der Waals surface area contributed by atoms with E-state index >= 15 is 0 Å². The van der Waals surface area contributed by atoms with Crippen molar-refractivity contribution in [3.63, 3.8) is 0 Å². The third-order valence-electron chi connectivity index (χ3n) is 4.71. The summed E-state index contributed by atoms with van der Waals surface area (Å²) in [6, 6.07) is 10.6. The topological polar surface area (TPSA) is 78.4 Å². The number of hydrogen-bond acceptors (Lipinski definition) is 4. The van der Waals surface area contributed by atoms with Crippen molar-refractivity contribution in [3.05, 3.63) is 52.0 Å². The maximum Gasteiger partial charge on any atom is 0.263 e. The van der Waals surface area contributed by atoms with Gasteiger partial charge in [-0.1, -0.05) is 30.3 Å². The van der Waals surface area contributed by atoms with Gasteiger partial charge in [-0.3, -0.25) is 9.79 Å². The van der Waals surface area contributed by atoms with E-state index in [1.807, 2.05) is 6.92 Å². The molecule has 6 nitrogen and oxygen atoms in total. The van der Waals surface area contributed by atoms with Gasteiger partial charge in [0, 0.05) is 32.1 Å². The maximum atomic E-state index is 12.0. The monoisotopic (exact) mass is 371 g/mol. The standard InChI is InChI=1S/C19H25N5OS/c1-14-16(26-13-24-14)17(25)21-10-11-22-18(20-2)23-12-19(8-9-19)15-6-4-3-5-7-15/h3-7,13H,8-12H2,1-2H3,(H,21,25)(H2,20,22,23). The van der Waals surface area contributed by atoms with Crippen LogP contribution in [-0.4, -0.2) is 43.5 Å². The van der Waals surface area contributed by atoms with Crippen LogP contribution < -0.4 is 16.0 Å². The van der Waals surface area contributed by atoms with Gasteiger partial charge in [-0.25, -0.2) is 4.98 Å². The zero-order chi connectivity index (χ0) is 18.4. The number of guanidine groups is 1. The fourth-order valence-corrected chi connectivity index (χ4v) is 3.66. The largest absolute Gasteiger partial charge is 0.356 e. The van der Waals surface area contributed by atoms with E-state index in [1.165, 1.54) is 29.7 Å². The van der Waals surface area contributed by atoms with Crippen molar-refractivity contribution in [1.82, 2.24) is 20.9 Å². The molecule has 0 bridgehead atoms. The number of aromatic nitrogens is 1. The zero-order valence-electron chi connectivity index (χ0n) is 15.2. The highest BCUT2D eigenvalue weighted by atomic mass is 32.1. The van der Waals surface area contributed by atoms with E-state index < -0.39 is 0 Å². The Hall–Kier alpha value is -2.41. The number of nitrogens with one attached hydrogen (secondary N) is 3. The molecule has 138 valence electrons. The molecule has 1 saturated carbocycles. The molecule has 26 heavy (non-hydrogen) atoms. The minimum atomic E-state index is -0.0734. The van der Waals surface area contributed by atoms with Gasteiger partial charge in [0.15, 0.2) is 5.96 Å². The number of aryl methyl sites for hydroxylation is 1. The van der Waals surface area contributed by atoms with E-state index in [9.17, 15) is 4.79 Å². The van der Waals surface area contributed by atoms with Crippen LogP contribution in [0, 0.1) is 6.92 Å². The van der Waals surface area contributed by atoms with Gasteiger partial charge in [0.25, 0.3) is 5.91 Å². The number of benzene rings is 1. The zero-order valence-corrected chi connectivity index (χ0v) is 16.0. The molecule has 0 spiro atoms. The first-order valence-electron chi connectivity index (χ1n) is 8.83. The van der Waals surface area contributed by atoms with Crippen LogP contribution in [0.1, 0.15) is 33.8 Å². The second kappa shape index (κ2) is 8.31. The van der Waals surface area contributed by atoms with Crippen LogP contribution in [0.5, 0.6) is 0 Å². The molecule has 0 saturated heterocycles. The Bertz CT molecular complexity index is 767. The Kier molecular flexibility index (Phi) is 5.88. The predicted molar refractivity (Wildman–Crippen MR) is 106 cm³/mol. The fraction of sp³-hybridized carbons (Fsp3) is 0.421. The SMILES string of the molecule is CN=C(NCCNC(=O)c1scnc1C)NCC1(c2ccccc2)CC1. The molecule has 1 heterocycles. The number of nitrogens with zero attached hydrogens (tertiary/aromatic N) is 2. The summed E-state index contributed by atoms with van der Waals surface area (Å²) in [5.74, 6) is 0.686. The van der Waals surface area contributed by atoms with Crippen LogP contribution in [0.2, 0.25) is 0 Å². The van der Waals surface area contributed by atoms with Gasteiger partial charge < -0.3 is 16.0 Å². The molecule has 1 aromatic carbocycles. The molecule has 3 N–H and O–H groups in total. The molecule has 1 fully saturated rings. The quantitative estimate of drug-likeness (QED) is 0.396. The Labute approximate surface area is 158 Å². The van der Waals surface area contributed by atoms with Gasteiger partial charge in [0.05, 0.1) is 11.2 Å². The number of carbonyl (C=O) groups excluding carboxylic acids is 1. The molecule has 0 unspecified atom stereocenters. The van der Waals surface area contributed by atoms with E-state index in [0.717, 1.165) is 18.2 Å². The Morgan fingerprint density at radius 3 is 2.54 bits per heavy atom. The minimum Gasteiger partial charge on any atom is -0.356 e. The second-order valence-corrected chi connectivity index (χ2v) is 7.38. The van der Waals surface area contributed by atoms with E-state index in [4.69, 9.17) is 0 Å². The fourth-order valence-electron chi connectivity index (χ4n) is 2.94. The van der Waals surface area contributed by atoms with E-state index in [2.05, 4.69) is 56.3 Å². The van der Waals surface area contributed by atoms with Crippen LogP contribution in [0.25, 0.3) is 0 Å². The van der Waals surface area contributed by atoms with E-state index in [-0.39, 0.29) is 11.3 Å². The minimum absolute atomic E-state index is 0.0734. The van der Waals surface area contributed by atoms with E-state index in [0.29, 0.717) is 18.0 Å². The molecule has 1 aliphatic carbocycles. The number of carbonyl (C=O) groups is 1. The number of hydrogen-bond donors (Lipinski definition) is 3. The van der Waals surface area contributed by atoms with Crippen molar-refractivity contribution >= 4 is 23.2 Å². The van der Waals surface area contributed by atoms with Crippen molar-refractivity contribution in [2.24, 2.45) is 4.99 Å². The van der Waals surface area contributed by atoms with Crippen molar-refractivity contribution in [1.29, 1.82) is 0 Å². The van der Waals surface area contributed by atoms with Crippen LogP contribution in [-0.2, 0) is 5.41 Å². The summed E-state index contributed by atoms with van der Waals surface area (Å²) in [7, 11) is 1.76. The van der Waals surface area contributed by atoms with Gasteiger partial charge in [0.2, 0.25) is 0 Å². The highest BCUT2D eigenvalue weighted by molar-refractivity contribution is 7.11. The average molecular weight is 372 g/mol. The first-order valence-corrected chi connectivity index (χ1v) is 9.71. The summed E-state index contributed by atoms with van der Waals surface area (Å²) >= 11 is 1.36. The lowest BCUT2D eigenvalue weighted by Crippen LogP contribution is -2.44. The molecule has 2 aromatic rings. The van der Waals surface area contributed by atoms with Crippen molar-refractivity contribution in [2.75, 3.05) is 26.7 Å². The summed E-state index contributed by atoms with van der Waals surface area (Å²) in [6.07, 6.45) is 2.40. The normalized spacial score (nSPS) is 15.4. The number of rotatable bonds is 7. The Morgan fingerprint density at radius 2 is 1.92 bits per heavy atom. The van der Waals surface area contributed by atoms with Gasteiger partial charge in [-0.05, 0) is 25.3 Å². The number of aliphatic imine (C=N–C) groups is 1. The smallest absolute Gasteiger partial charge is 0.263 e. The van der Waals surface area contributed by atoms with Gasteiger partial charge in [-0.15, -0.1) is 11.3 Å². The summed E-state index contributed by atoms with van der Waals surface area (Å²) < 4.78 is 0. The van der Waals surface area contributed by atoms with Crippen LogP contribution in [0.4, 0.5) is 0 Å². The molecular weight excluding hydrogens is 346 g/mol. The van der Waals surface area contributed by atoms with Crippen LogP contribution >= 0.6 is 11.3 Å². The Morgan fingerprint density at radius 1 is 1.19 bits per heavy atom. The van der Waals surface area contributed by atoms with Crippen molar-refractivity contribution in [3.8, 4) is 0 Å². The highest BCUT2D eigenvalue weighted by Gasteiger charge is 2.43. The second-order valence-electron chi connectivity index (χ2n) is 6.52. The lowest BCUT2D eigenvalue weighted by Gasteiger charge is -2.19. The lowest BCUT2D eigenvalue weighted by molar-refractivity contribution is 0.0957. The van der Waals surface area contributed by atoms with Gasteiger partial charge in [-0.2, -0.15) is 0 Å². The molecule has 0 aliphatic heterocycles. The van der Waals surface area contributed by atoms with Crippen LogP contribution in [0.3, 0.4) is 0 Å². The summed E-state index contributed by atoms with van der Waals surface area (Å²) in [4.78, 5) is 21.1. The predicted octanol–water partition coefficient (Wildman–Crippen LogP) is 2.08.